The molecule has 1 saturated heterocycles. The van der Waals surface area contributed by atoms with E-state index in [1.54, 1.807) is 0 Å². The number of halogens is 1. The van der Waals surface area contributed by atoms with Crippen LogP contribution >= 0.6 is 12.4 Å². The van der Waals surface area contributed by atoms with Gasteiger partial charge in [-0.3, -0.25) is 0 Å². The highest BCUT2D eigenvalue weighted by Gasteiger charge is 2.51. The second-order valence-corrected chi connectivity index (χ2v) is 6.55. The molecule has 2 aromatic rings. The minimum atomic E-state index is -0.327. The second kappa shape index (κ2) is 5.01. The molecule has 0 bridgehead atoms. The number of nitrogens with zero attached hydrogens (tertiary/aromatic N) is 2. The molecule has 6 heteroatoms. The number of aryl methyl sites for hydroxylation is 2. The first kappa shape index (κ1) is 16.3. The van der Waals surface area contributed by atoms with Crippen LogP contribution in [0.25, 0.3) is 11.0 Å². The van der Waals surface area contributed by atoms with Gasteiger partial charge in [0.05, 0.1) is 22.2 Å². The summed E-state index contributed by atoms with van der Waals surface area (Å²) in [6.07, 6.45) is 0. The molecule has 1 fully saturated rings. The fraction of sp³-hybridized carbons (Fsp3) is 0.533. The van der Waals surface area contributed by atoms with Gasteiger partial charge >= 0.3 is 7.12 Å². The van der Waals surface area contributed by atoms with E-state index in [0.717, 1.165) is 22.3 Å². The minimum absolute atomic E-state index is 0. The normalized spacial score (nSPS) is 19.8. The first-order valence-electron chi connectivity index (χ1n) is 7.00. The van der Waals surface area contributed by atoms with E-state index in [4.69, 9.17) is 9.31 Å². The van der Waals surface area contributed by atoms with Crippen LogP contribution < -0.4 is 5.46 Å². The van der Waals surface area contributed by atoms with E-state index < -0.39 is 0 Å². The summed E-state index contributed by atoms with van der Waals surface area (Å²) >= 11 is 0. The van der Waals surface area contributed by atoms with Gasteiger partial charge in [0.25, 0.3) is 0 Å². The maximum atomic E-state index is 6.08. The molecule has 0 atom stereocenters. The molecule has 0 spiro atoms. The highest BCUT2D eigenvalue weighted by Crippen LogP contribution is 2.36. The summed E-state index contributed by atoms with van der Waals surface area (Å²) in [4.78, 5) is 4.57. The molecule has 0 saturated carbocycles. The van der Waals surface area contributed by atoms with Crippen molar-refractivity contribution in [2.24, 2.45) is 7.05 Å². The van der Waals surface area contributed by atoms with E-state index in [0.29, 0.717) is 0 Å². The van der Waals surface area contributed by atoms with Gasteiger partial charge in [0.15, 0.2) is 0 Å². The Morgan fingerprint density at radius 2 is 1.67 bits per heavy atom. The maximum absolute atomic E-state index is 6.08. The molecule has 0 radical (unpaired) electrons. The molecule has 1 aliphatic rings. The molecule has 0 aliphatic carbocycles. The van der Waals surface area contributed by atoms with Crippen LogP contribution in [0.3, 0.4) is 0 Å². The van der Waals surface area contributed by atoms with Crippen LogP contribution in [0.2, 0.25) is 0 Å². The average molecular weight is 309 g/mol. The van der Waals surface area contributed by atoms with Crippen LogP contribution in [0.5, 0.6) is 0 Å². The van der Waals surface area contributed by atoms with Crippen molar-refractivity contribution in [1.82, 2.24) is 9.55 Å². The third-order valence-corrected chi connectivity index (χ3v) is 4.65. The Morgan fingerprint density at radius 1 is 1.10 bits per heavy atom. The molecule has 1 aromatic carbocycles. The smallest absolute Gasteiger partial charge is 0.399 e. The van der Waals surface area contributed by atoms with Crippen LogP contribution in [0.4, 0.5) is 0 Å². The Morgan fingerprint density at radius 3 is 2.24 bits per heavy atom. The Labute approximate surface area is 132 Å². The second-order valence-electron chi connectivity index (χ2n) is 6.55. The first-order valence-corrected chi connectivity index (χ1v) is 7.00. The molecule has 1 aromatic heterocycles. The van der Waals surface area contributed by atoms with Crippen LogP contribution in [-0.4, -0.2) is 27.9 Å². The van der Waals surface area contributed by atoms with E-state index >= 15 is 0 Å². The maximum Gasteiger partial charge on any atom is 0.494 e. The molecular weight excluding hydrogens is 286 g/mol. The number of fused-ring (bicyclic) bond motifs is 1. The van der Waals surface area contributed by atoms with E-state index in [-0.39, 0.29) is 30.7 Å². The summed E-state index contributed by atoms with van der Waals surface area (Å²) in [6.45, 7) is 10.3. The number of hydrogen-bond donors (Lipinski definition) is 0. The predicted octanol–water partition coefficient (Wildman–Crippen LogP) is 2.60. The fourth-order valence-corrected chi connectivity index (χ4v) is 2.46. The zero-order valence-corrected chi connectivity index (χ0v) is 14.2. The van der Waals surface area contributed by atoms with Gasteiger partial charge in [-0.05, 0) is 52.2 Å². The summed E-state index contributed by atoms with van der Waals surface area (Å²) in [5.41, 5.74) is 2.51. The summed E-state index contributed by atoms with van der Waals surface area (Å²) in [7, 11) is 1.70. The molecule has 0 N–H and O–H groups in total. The van der Waals surface area contributed by atoms with Gasteiger partial charge in [0.1, 0.15) is 5.82 Å². The molecule has 114 valence electrons. The largest absolute Gasteiger partial charge is 0.494 e. The fourth-order valence-electron chi connectivity index (χ4n) is 2.46. The summed E-state index contributed by atoms with van der Waals surface area (Å²) in [5.74, 6) is 1.01. The van der Waals surface area contributed by atoms with Gasteiger partial charge in [-0.1, -0.05) is 6.07 Å². The number of rotatable bonds is 1. The van der Waals surface area contributed by atoms with Crippen molar-refractivity contribution in [1.29, 1.82) is 0 Å². The third kappa shape index (κ3) is 2.47. The van der Waals surface area contributed by atoms with Crippen molar-refractivity contribution < 1.29 is 9.31 Å². The topological polar surface area (TPSA) is 36.3 Å². The number of imidazole rings is 1. The Bertz CT molecular complexity index is 666. The Kier molecular flexibility index (Phi) is 3.89. The number of aromatic nitrogens is 2. The summed E-state index contributed by atoms with van der Waals surface area (Å²) < 4.78 is 14.2. The lowest BCUT2D eigenvalue weighted by atomic mass is 9.79. The van der Waals surface area contributed by atoms with Gasteiger partial charge in [0.2, 0.25) is 0 Å². The van der Waals surface area contributed by atoms with E-state index in [9.17, 15) is 0 Å². The molecule has 0 unspecified atom stereocenters. The molecule has 3 rings (SSSR count). The first-order chi connectivity index (χ1) is 9.21. The minimum Gasteiger partial charge on any atom is -0.399 e. The number of hydrogen-bond acceptors (Lipinski definition) is 3. The zero-order valence-electron chi connectivity index (χ0n) is 13.4. The van der Waals surface area contributed by atoms with Gasteiger partial charge in [-0.25, -0.2) is 4.98 Å². The van der Waals surface area contributed by atoms with E-state index in [1.165, 1.54) is 0 Å². The standard InChI is InChI=1S/C15H21BN2O2.ClH/c1-10-17-12-9-11(7-8-13(12)18(10)6)16-19-14(2,3)15(4,5)20-16;/h7-9H,1-6H3;1H. The van der Waals surface area contributed by atoms with Gasteiger partial charge in [-0.15, -0.1) is 12.4 Å². The van der Waals surface area contributed by atoms with Crippen LogP contribution in [0.15, 0.2) is 18.2 Å². The summed E-state index contributed by atoms with van der Waals surface area (Å²) in [5, 5.41) is 0. The molecule has 2 heterocycles. The number of benzene rings is 1. The predicted molar refractivity (Wildman–Crippen MR) is 88.4 cm³/mol. The van der Waals surface area contributed by atoms with Gasteiger partial charge in [-0.2, -0.15) is 0 Å². The highest BCUT2D eigenvalue weighted by molar-refractivity contribution is 6.62. The van der Waals surface area contributed by atoms with Gasteiger partial charge in [0, 0.05) is 7.05 Å². The molecule has 1 aliphatic heterocycles. The van der Waals surface area contributed by atoms with Crippen LogP contribution in [0.1, 0.15) is 33.5 Å². The highest BCUT2D eigenvalue weighted by atomic mass is 35.5. The van der Waals surface area contributed by atoms with Crippen molar-refractivity contribution in [3.8, 4) is 0 Å². The van der Waals surface area contributed by atoms with Crippen molar-refractivity contribution in [3.63, 3.8) is 0 Å². The molecule has 4 nitrogen and oxygen atoms in total. The lowest BCUT2D eigenvalue weighted by Gasteiger charge is -2.32. The monoisotopic (exact) mass is 308 g/mol. The molecule has 0 amide bonds. The third-order valence-electron chi connectivity index (χ3n) is 4.65. The van der Waals surface area contributed by atoms with E-state index in [2.05, 4.69) is 55.4 Å². The zero-order chi connectivity index (χ0) is 14.7. The molecular formula is C15H22BClN2O2. The van der Waals surface area contributed by atoms with Crippen molar-refractivity contribution in [2.75, 3.05) is 0 Å². The SMILES string of the molecule is Cc1nc2cc(B3OC(C)(C)C(C)(C)O3)ccc2n1C.Cl. The molecule has 21 heavy (non-hydrogen) atoms. The van der Waals surface area contributed by atoms with Crippen LogP contribution in [0, 0.1) is 6.92 Å². The Hall–Kier alpha value is -1.04. The lowest BCUT2D eigenvalue weighted by Crippen LogP contribution is -2.41. The van der Waals surface area contributed by atoms with Crippen molar-refractivity contribution in [3.05, 3.63) is 24.0 Å². The van der Waals surface area contributed by atoms with E-state index in [1.807, 2.05) is 14.0 Å². The van der Waals surface area contributed by atoms with Crippen molar-refractivity contribution >= 4 is 36.0 Å². The van der Waals surface area contributed by atoms with Crippen molar-refractivity contribution in [2.45, 2.75) is 45.8 Å². The average Bonchev–Trinajstić information content (AvgIpc) is 2.74. The summed E-state index contributed by atoms with van der Waals surface area (Å²) in [6, 6.07) is 6.20. The van der Waals surface area contributed by atoms with Gasteiger partial charge < -0.3 is 13.9 Å². The Balaban J connectivity index is 0.00000161. The lowest BCUT2D eigenvalue weighted by molar-refractivity contribution is 0.00578. The quantitative estimate of drug-likeness (QED) is 0.760. The van der Waals surface area contributed by atoms with Crippen LogP contribution in [-0.2, 0) is 16.4 Å².